The van der Waals surface area contributed by atoms with Gasteiger partial charge in [0.15, 0.2) is 5.78 Å². The van der Waals surface area contributed by atoms with Crippen LogP contribution in [0.2, 0.25) is 0 Å². The highest BCUT2D eigenvalue weighted by Crippen LogP contribution is 2.23. The molecule has 0 saturated carbocycles. The fraction of sp³-hybridized carbons (Fsp3) is 0.875. The van der Waals surface area contributed by atoms with Crippen LogP contribution in [0, 0.1) is 17.8 Å². The molecule has 0 fully saturated rings. The van der Waals surface area contributed by atoms with Crippen molar-refractivity contribution in [1.29, 1.82) is 0 Å². The average molecular weight is 285 g/mol. The molecule has 0 bridgehead atoms. The van der Waals surface area contributed by atoms with Crippen LogP contribution in [0.25, 0.3) is 0 Å². The Balaban J connectivity index is 4.43. The number of carboxylic acids is 1. The van der Waals surface area contributed by atoms with E-state index in [1.807, 2.05) is 13.8 Å². The van der Waals surface area contributed by atoms with Gasteiger partial charge in [-0.3, -0.25) is 9.59 Å². The van der Waals surface area contributed by atoms with Gasteiger partial charge in [-0.15, -0.1) is 0 Å². The summed E-state index contributed by atoms with van der Waals surface area (Å²) in [5.41, 5.74) is 5.85. The molecule has 0 aromatic rings. The van der Waals surface area contributed by atoms with Crippen molar-refractivity contribution in [3.05, 3.63) is 0 Å². The molecule has 0 spiro atoms. The van der Waals surface area contributed by atoms with E-state index in [-0.39, 0.29) is 11.7 Å². The van der Waals surface area contributed by atoms with Gasteiger partial charge in [0.1, 0.15) is 0 Å². The summed E-state index contributed by atoms with van der Waals surface area (Å²) in [7, 11) is 0. The molecule has 2 unspecified atom stereocenters. The van der Waals surface area contributed by atoms with Gasteiger partial charge in [0.2, 0.25) is 0 Å². The SMILES string of the molecule is CCCCCCCC(C(=O)O)C(C)C(=O)[C@H](N)C(C)C. The number of Topliss-reactive ketones (excluding diaryl/α,β-unsaturated/α-hetero) is 1. The predicted octanol–water partition coefficient (Wildman–Crippen LogP) is 3.24. The quantitative estimate of drug-likeness (QED) is 0.571. The summed E-state index contributed by atoms with van der Waals surface area (Å²) in [5.74, 6) is -2.06. The molecule has 0 aliphatic carbocycles. The van der Waals surface area contributed by atoms with Crippen molar-refractivity contribution in [2.45, 2.75) is 72.3 Å². The maximum absolute atomic E-state index is 12.2. The van der Waals surface area contributed by atoms with Crippen LogP contribution in [0.4, 0.5) is 0 Å². The summed E-state index contributed by atoms with van der Waals surface area (Å²) >= 11 is 0. The van der Waals surface area contributed by atoms with Crippen molar-refractivity contribution in [3.8, 4) is 0 Å². The van der Waals surface area contributed by atoms with E-state index in [4.69, 9.17) is 5.73 Å². The largest absolute Gasteiger partial charge is 0.481 e. The van der Waals surface area contributed by atoms with Crippen LogP contribution in [0.3, 0.4) is 0 Å². The second kappa shape index (κ2) is 9.92. The van der Waals surface area contributed by atoms with Crippen molar-refractivity contribution in [2.75, 3.05) is 0 Å². The third-order valence-corrected chi connectivity index (χ3v) is 4.03. The minimum Gasteiger partial charge on any atom is -0.481 e. The summed E-state index contributed by atoms with van der Waals surface area (Å²) in [6.45, 7) is 7.62. The van der Waals surface area contributed by atoms with Gasteiger partial charge in [-0.1, -0.05) is 59.8 Å². The number of rotatable bonds is 11. The lowest BCUT2D eigenvalue weighted by molar-refractivity contribution is -0.147. The van der Waals surface area contributed by atoms with Gasteiger partial charge in [0.25, 0.3) is 0 Å². The first-order chi connectivity index (χ1) is 9.32. The first-order valence-corrected chi connectivity index (χ1v) is 7.85. The number of hydrogen-bond acceptors (Lipinski definition) is 3. The van der Waals surface area contributed by atoms with Gasteiger partial charge >= 0.3 is 5.97 Å². The Morgan fingerprint density at radius 3 is 2.05 bits per heavy atom. The smallest absolute Gasteiger partial charge is 0.307 e. The van der Waals surface area contributed by atoms with Crippen LogP contribution in [0.1, 0.15) is 66.2 Å². The summed E-state index contributed by atoms with van der Waals surface area (Å²) in [6, 6.07) is -0.563. The van der Waals surface area contributed by atoms with E-state index in [9.17, 15) is 14.7 Å². The lowest BCUT2D eigenvalue weighted by Gasteiger charge is -2.24. The summed E-state index contributed by atoms with van der Waals surface area (Å²) in [5, 5.41) is 9.32. The molecule has 0 radical (unpaired) electrons. The van der Waals surface area contributed by atoms with Gasteiger partial charge in [-0.2, -0.15) is 0 Å². The molecular weight excluding hydrogens is 254 g/mol. The van der Waals surface area contributed by atoms with Gasteiger partial charge in [-0.25, -0.2) is 0 Å². The zero-order valence-corrected chi connectivity index (χ0v) is 13.4. The highest BCUT2D eigenvalue weighted by molar-refractivity contribution is 5.89. The van der Waals surface area contributed by atoms with Crippen LogP contribution in [-0.4, -0.2) is 22.9 Å². The van der Waals surface area contributed by atoms with Gasteiger partial charge in [0.05, 0.1) is 12.0 Å². The number of carbonyl (C=O) groups excluding carboxylic acids is 1. The van der Waals surface area contributed by atoms with Gasteiger partial charge < -0.3 is 10.8 Å². The van der Waals surface area contributed by atoms with Crippen molar-refractivity contribution in [1.82, 2.24) is 0 Å². The maximum Gasteiger partial charge on any atom is 0.307 e. The second-order valence-electron chi connectivity index (χ2n) is 6.11. The van der Waals surface area contributed by atoms with Crippen LogP contribution in [-0.2, 0) is 9.59 Å². The Bertz CT molecular complexity index is 302. The number of hydrogen-bond donors (Lipinski definition) is 2. The predicted molar refractivity (Wildman–Crippen MR) is 81.5 cm³/mol. The summed E-state index contributed by atoms with van der Waals surface area (Å²) in [6.07, 6.45) is 5.96. The lowest BCUT2D eigenvalue weighted by atomic mass is 9.81. The van der Waals surface area contributed by atoms with Crippen LogP contribution in [0.5, 0.6) is 0 Å². The highest BCUT2D eigenvalue weighted by Gasteiger charge is 2.33. The Kier molecular flexibility index (Phi) is 9.47. The molecule has 0 saturated heterocycles. The zero-order valence-electron chi connectivity index (χ0n) is 13.4. The van der Waals surface area contributed by atoms with Crippen molar-refractivity contribution in [3.63, 3.8) is 0 Å². The molecule has 0 rings (SSSR count). The van der Waals surface area contributed by atoms with Gasteiger partial charge in [-0.05, 0) is 12.3 Å². The molecule has 4 heteroatoms. The first-order valence-electron chi connectivity index (χ1n) is 7.85. The summed E-state index contributed by atoms with van der Waals surface area (Å²) < 4.78 is 0. The number of unbranched alkanes of at least 4 members (excludes halogenated alkanes) is 4. The Morgan fingerprint density at radius 2 is 1.60 bits per heavy atom. The molecule has 3 atom stereocenters. The number of nitrogens with two attached hydrogens (primary N) is 1. The lowest BCUT2D eigenvalue weighted by Crippen LogP contribution is -2.42. The number of carboxylic acid groups (broad SMARTS) is 1. The van der Waals surface area contributed by atoms with E-state index < -0.39 is 23.8 Å². The first kappa shape index (κ1) is 19.1. The topological polar surface area (TPSA) is 80.4 Å². The molecule has 4 nitrogen and oxygen atoms in total. The van der Waals surface area contributed by atoms with E-state index in [1.54, 1.807) is 6.92 Å². The molecule has 0 aromatic carbocycles. The van der Waals surface area contributed by atoms with Crippen molar-refractivity contribution < 1.29 is 14.7 Å². The minimum atomic E-state index is -0.878. The summed E-state index contributed by atoms with van der Waals surface area (Å²) in [4.78, 5) is 23.5. The van der Waals surface area contributed by atoms with E-state index >= 15 is 0 Å². The second-order valence-corrected chi connectivity index (χ2v) is 6.11. The Morgan fingerprint density at radius 1 is 1.05 bits per heavy atom. The van der Waals surface area contributed by atoms with E-state index in [0.29, 0.717) is 6.42 Å². The highest BCUT2D eigenvalue weighted by atomic mass is 16.4. The normalized spacial score (nSPS) is 15.9. The van der Waals surface area contributed by atoms with Crippen LogP contribution >= 0.6 is 0 Å². The number of ketones is 1. The van der Waals surface area contributed by atoms with Crippen LogP contribution < -0.4 is 5.73 Å². The van der Waals surface area contributed by atoms with E-state index in [1.165, 1.54) is 12.8 Å². The fourth-order valence-corrected chi connectivity index (χ4v) is 2.39. The number of carbonyl (C=O) groups is 2. The molecule has 118 valence electrons. The molecule has 0 heterocycles. The minimum absolute atomic E-state index is 0.0453. The standard InChI is InChI=1S/C16H31NO3/c1-5-6-7-8-9-10-13(16(19)20)12(4)15(18)14(17)11(2)3/h11-14H,5-10,17H2,1-4H3,(H,19,20)/t12?,13?,14-/m1/s1. The third kappa shape index (κ3) is 6.51. The fourth-order valence-electron chi connectivity index (χ4n) is 2.39. The average Bonchev–Trinajstić information content (AvgIpc) is 2.39. The number of aliphatic carboxylic acids is 1. The molecule has 20 heavy (non-hydrogen) atoms. The van der Waals surface area contributed by atoms with Crippen LogP contribution in [0.15, 0.2) is 0 Å². The molecule has 0 aromatic heterocycles. The molecule has 0 amide bonds. The maximum atomic E-state index is 12.2. The third-order valence-electron chi connectivity index (χ3n) is 4.03. The Labute approximate surface area is 123 Å². The van der Waals surface area contributed by atoms with Crippen molar-refractivity contribution >= 4 is 11.8 Å². The molecule has 0 aliphatic rings. The van der Waals surface area contributed by atoms with E-state index in [2.05, 4.69) is 6.92 Å². The van der Waals surface area contributed by atoms with Gasteiger partial charge in [0, 0.05) is 5.92 Å². The molecular formula is C16H31NO3. The molecule has 0 aliphatic heterocycles. The zero-order chi connectivity index (χ0) is 15.7. The monoisotopic (exact) mass is 285 g/mol. The molecule has 3 N–H and O–H groups in total. The Hall–Kier alpha value is -0.900. The van der Waals surface area contributed by atoms with Crippen molar-refractivity contribution in [2.24, 2.45) is 23.5 Å². The van der Waals surface area contributed by atoms with E-state index in [0.717, 1.165) is 19.3 Å².